The number of hydrogen-bond donors (Lipinski definition) is 2. The fourth-order valence-electron chi connectivity index (χ4n) is 2.35. The van der Waals surface area contributed by atoms with Crippen molar-refractivity contribution in [1.29, 1.82) is 0 Å². The molecule has 0 aromatic heterocycles. The van der Waals surface area contributed by atoms with Gasteiger partial charge in [0.15, 0.2) is 0 Å². The lowest BCUT2D eigenvalue weighted by Gasteiger charge is -2.25. The van der Waals surface area contributed by atoms with Gasteiger partial charge in [-0.15, -0.1) is 0 Å². The molecule has 0 saturated carbocycles. The predicted octanol–water partition coefficient (Wildman–Crippen LogP) is 2.27. The van der Waals surface area contributed by atoms with Gasteiger partial charge >= 0.3 is 0 Å². The van der Waals surface area contributed by atoms with Crippen LogP contribution in [0, 0.1) is 5.82 Å². The molecule has 1 heterocycles. The summed E-state index contributed by atoms with van der Waals surface area (Å²) in [6, 6.07) is 7.65. The maximum atomic E-state index is 13.6. The SMILES string of the molecule is CC(CNC1CCNCC1)c1ccccc1F. The van der Waals surface area contributed by atoms with Gasteiger partial charge in [0.05, 0.1) is 0 Å². The van der Waals surface area contributed by atoms with Crippen LogP contribution in [-0.2, 0) is 0 Å². The van der Waals surface area contributed by atoms with Crippen molar-refractivity contribution in [1.82, 2.24) is 10.6 Å². The third-order valence-electron chi connectivity index (χ3n) is 3.49. The van der Waals surface area contributed by atoms with Crippen LogP contribution in [0.15, 0.2) is 24.3 Å². The van der Waals surface area contributed by atoms with Gasteiger partial charge in [-0.25, -0.2) is 4.39 Å². The second kappa shape index (κ2) is 6.12. The highest BCUT2D eigenvalue weighted by molar-refractivity contribution is 5.21. The largest absolute Gasteiger partial charge is 0.317 e. The number of nitrogens with one attached hydrogen (secondary N) is 2. The van der Waals surface area contributed by atoms with Crippen molar-refractivity contribution in [3.63, 3.8) is 0 Å². The van der Waals surface area contributed by atoms with Gasteiger partial charge in [-0.2, -0.15) is 0 Å². The van der Waals surface area contributed by atoms with Crippen molar-refractivity contribution < 1.29 is 4.39 Å². The maximum Gasteiger partial charge on any atom is 0.126 e. The normalized spacial score (nSPS) is 19.2. The van der Waals surface area contributed by atoms with Crippen LogP contribution in [0.2, 0.25) is 0 Å². The first-order valence-corrected chi connectivity index (χ1v) is 6.46. The van der Waals surface area contributed by atoms with E-state index in [0.29, 0.717) is 6.04 Å². The molecule has 3 heteroatoms. The van der Waals surface area contributed by atoms with Gasteiger partial charge in [-0.1, -0.05) is 25.1 Å². The highest BCUT2D eigenvalue weighted by Crippen LogP contribution is 2.18. The minimum Gasteiger partial charge on any atom is -0.317 e. The van der Waals surface area contributed by atoms with E-state index in [0.717, 1.165) is 25.2 Å². The summed E-state index contributed by atoms with van der Waals surface area (Å²) in [5.41, 5.74) is 0.814. The molecule has 1 saturated heterocycles. The molecule has 0 bridgehead atoms. The van der Waals surface area contributed by atoms with Crippen LogP contribution in [0.1, 0.15) is 31.2 Å². The minimum atomic E-state index is -0.0906. The summed E-state index contributed by atoms with van der Waals surface area (Å²) in [7, 11) is 0. The van der Waals surface area contributed by atoms with Crippen LogP contribution in [0.3, 0.4) is 0 Å². The van der Waals surface area contributed by atoms with Gasteiger partial charge in [0, 0.05) is 12.6 Å². The molecule has 2 N–H and O–H groups in total. The van der Waals surface area contributed by atoms with E-state index in [1.165, 1.54) is 18.9 Å². The molecule has 0 aliphatic carbocycles. The van der Waals surface area contributed by atoms with Crippen LogP contribution < -0.4 is 10.6 Å². The Bertz CT molecular complexity index is 348. The molecule has 1 aliphatic heterocycles. The fraction of sp³-hybridized carbons (Fsp3) is 0.571. The van der Waals surface area contributed by atoms with E-state index in [2.05, 4.69) is 17.6 Å². The van der Waals surface area contributed by atoms with Gasteiger partial charge in [-0.05, 0) is 43.5 Å². The van der Waals surface area contributed by atoms with E-state index in [1.54, 1.807) is 6.07 Å². The molecular formula is C14H21FN2. The number of rotatable bonds is 4. The van der Waals surface area contributed by atoms with Crippen molar-refractivity contribution in [2.45, 2.75) is 31.7 Å². The summed E-state index contributed by atoms with van der Waals surface area (Å²) < 4.78 is 13.6. The summed E-state index contributed by atoms with van der Waals surface area (Å²) in [5, 5.41) is 6.88. The number of halogens is 1. The molecule has 0 amide bonds. The van der Waals surface area contributed by atoms with Gasteiger partial charge in [0.25, 0.3) is 0 Å². The molecule has 1 fully saturated rings. The van der Waals surface area contributed by atoms with Crippen molar-refractivity contribution in [3.05, 3.63) is 35.6 Å². The zero-order valence-electron chi connectivity index (χ0n) is 10.4. The Kier molecular flexibility index (Phi) is 4.51. The monoisotopic (exact) mass is 236 g/mol. The van der Waals surface area contributed by atoms with E-state index < -0.39 is 0 Å². The number of piperidine rings is 1. The van der Waals surface area contributed by atoms with Crippen molar-refractivity contribution in [2.75, 3.05) is 19.6 Å². The van der Waals surface area contributed by atoms with Crippen LogP contribution in [0.4, 0.5) is 4.39 Å². The number of hydrogen-bond acceptors (Lipinski definition) is 2. The Labute approximate surface area is 103 Å². The molecule has 1 unspecified atom stereocenters. The lowest BCUT2D eigenvalue weighted by molar-refractivity contribution is 0.379. The average molecular weight is 236 g/mol. The van der Waals surface area contributed by atoms with E-state index >= 15 is 0 Å². The second-order valence-electron chi connectivity index (χ2n) is 4.86. The Morgan fingerprint density at radius 1 is 1.35 bits per heavy atom. The smallest absolute Gasteiger partial charge is 0.126 e. The summed E-state index contributed by atoms with van der Waals surface area (Å²) in [6.07, 6.45) is 2.34. The molecule has 2 nitrogen and oxygen atoms in total. The van der Waals surface area contributed by atoms with Gasteiger partial charge in [0.2, 0.25) is 0 Å². The van der Waals surface area contributed by atoms with Crippen LogP contribution in [-0.4, -0.2) is 25.7 Å². The second-order valence-corrected chi connectivity index (χ2v) is 4.86. The predicted molar refractivity (Wildman–Crippen MR) is 68.7 cm³/mol. The fourth-order valence-corrected chi connectivity index (χ4v) is 2.35. The Hall–Kier alpha value is -0.930. The first-order chi connectivity index (χ1) is 8.27. The van der Waals surface area contributed by atoms with E-state index in [1.807, 2.05) is 12.1 Å². The van der Waals surface area contributed by atoms with E-state index in [-0.39, 0.29) is 11.7 Å². The summed E-state index contributed by atoms with van der Waals surface area (Å²) in [5.74, 6) is 0.137. The molecule has 1 aromatic carbocycles. The molecule has 94 valence electrons. The molecule has 17 heavy (non-hydrogen) atoms. The van der Waals surface area contributed by atoms with Crippen LogP contribution in [0.5, 0.6) is 0 Å². The van der Waals surface area contributed by atoms with Gasteiger partial charge in [0.1, 0.15) is 5.82 Å². The lowest BCUT2D eigenvalue weighted by Crippen LogP contribution is -2.41. The first-order valence-electron chi connectivity index (χ1n) is 6.46. The maximum absolute atomic E-state index is 13.6. The molecule has 2 rings (SSSR count). The van der Waals surface area contributed by atoms with Gasteiger partial charge < -0.3 is 10.6 Å². The minimum absolute atomic E-state index is 0.0906. The zero-order valence-corrected chi connectivity index (χ0v) is 10.4. The van der Waals surface area contributed by atoms with E-state index in [9.17, 15) is 4.39 Å². The highest BCUT2D eigenvalue weighted by atomic mass is 19.1. The molecule has 1 atom stereocenters. The summed E-state index contributed by atoms with van der Waals surface area (Å²) in [4.78, 5) is 0. The zero-order chi connectivity index (χ0) is 12.1. The third-order valence-corrected chi connectivity index (χ3v) is 3.49. The molecule has 1 aliphatic rings. The van der Waals surface area contributed by atoms with Crippen molar-refractivity contribution in [2.24, 2.45) is 0 Å². The topological polar surface area (TPSA) is 24.1 Å². The number of benzene rings is 1. The van der Waals surface area contributed by atoms with Crippen molar-refractivity contribution >= 4 is 0 Å². The van der Waals surface area contributed by atoms with E-state index in [4.69, 9.17) is 0 Å². The summed E-state index contributed by atoms with van der Waals surface area (Å²) >= 11 is 0. The Morgan fingerprint density at radius 3 is 2.76 bits per heavy atom. The summed E-state index contributed by atoms with van der Waals surface area (Å²) in [6.45, 7) is 5.11. The Morgan fingerprint density at radius 2 is 2.06 bits per heavy atom. The standard InChI is InChI=1S/C14H21FN2/c1-11(13-4-2-3-5-14(13)15)10-17-12-6-8-16-9-7-12/h2-5,11-12,16-17H,6-10H2,1H3. The lowest BCUT2D eigenvalue weighted by atomic mass is 9.99. The molecule has 0 spiro atoms. The Balaban J connectivity index is 1.84. The molecular weight excluding hydrogens is 215 g/mol. The third kappa shape index (κ3) is 3.51. The quantitative estimate of drug-likeness (QED) is 0.838. The van der Waals surface area contributed by atoms with Crippen molar-refractivity contribution in [3.8, 4) is 0 Å². The van der Waals surface area contributed by atoms with Gasteiger partial charge in [-0.3, -0.25) is 0 Å². The molecule has 1 aromatic rings. The average Bonchev–Trinajstić information content (AvgIpc) is 2.38. The molecule has 0 radical (unpaired) electrons. The van der Waals surface area contributed by atoms with Crippen LogP contribution in [0.25, 0.3) is 0 Å². The van der Waals surface area contributed by atoms with Crippen LogP contribution >= 0.6 is 0 Å². The highest BCUT2D eigenvalue weighted by Gasteiger charge is 2.15. The first kappa shape index (κ1) is 12.5.